The molecule has 1 rings (SSSR count). The van der Waals surface area contributed by atoms with Crippen LogP contribution in [0.5, 0.6) is 0 Å². The van der Waals surface area contributed by atoms with Crippen molar-refractivity contribution in [1.82, 2.24) is 5.32 Å². The van der Waals surface area contributed by atoms with Gasteiger partial charge in [0.15, 0.2) is 5.78 Å². The second-order valence-electron chi connectivity index (χ2n) is 6.85. The lowest BCUT2D eigenvalue weighted by molar-refractivity contribution is -0.130. The van der Waals surface area contributed by atoms with Gasteiger partial charge in [0.05, 0.1) is 17.8 Å². The lowest BCUT2D eigenvalue weighted by Gasteiger charge is -2.19. The van der Waals surface area contributed by atoms with Gasteiger partial charge in [-0.05, 0) is 24.8 Å². The standard InChI is InChI=1S/C21H31ClN2O3/c1-2-3-4-5-9-12-20(26)24-18(15-19(23)25)21(27)17(22)14-13-16-10-7-6-8-11-16/h6-8,10-11,17-18H,2-5,9,12-15H2,1H3,(H2,23,25)(H,24,26)/t17-,18-/m1/s1. The number of unbranched alkanes of at least 4 members (excludes halogenated alkanes) is 4. The molecule has 0 radical (unpaired) electrons. The Bertz CT molecular complexity index is 592. The predicted octanol–water partition coefficient (Wildman–Crippen LogP) is 3.52. The Morgan fingerprint density at radius 2 is 1.74 bits per heavy atom. The predicted molar refractivity (Wildman–Crippen MR) is 109 cm³/mol. The van der Waals surface area contributed by atoms with E-state index in [-0.39, 0.29) is 18.1 Å². The van der Waals surface area contributed by atoms with Crippen molar-refractivity contribution in [3.63, 3.8) is 0 Å². The third kappa shape index (κ3) is 10.1. The number of benzene rings is 1. The van der Waals surface area contributed by atoms with Gasteiger partial charge in [-0.25, -0.2) is 0 Å². The van der Waals surface area contributed by atoms with Crippen molar-refractivity contribution in [1.29, 1.82) is 0 Å². The van der Waals surface area contributed by atoms with Gasteiger partial charge in [-0.15, -0.1) is 11.6 Å². The number of halogens is 1. The van der Waals surface area contributed by atoms with Gasteiger partial charge in [0.2, 0.25) is 11.8 Å². The first-order valence-corrected chi connectivity index (χ1v) is 10.2. The van der Waals surface area contributed by atoms with Crippen LogP contribution in [0.15, 0.2) is 30.3 Å². The molecular weight excluding hydrogens is 364 g/mol. The van der Waals surface area contributed by atoms with Crippen molar-refractivity contribution in [2.45, 2.75) is 76.1 Å². The molecule has 6 heteroatoms. The molecule has 0 aromatic heterocycles. The van der Waals surface area contributed by atoms with Crippen molar-refractivity contribution >= 4 is 29.2 Å². The van der Waals surface area contributed by atoms with Crippen LogP contribution in [0.3, 0.4) is 0 Å². The van der Waals surface area contributed by atoms with Crippen LogP contribution >= 0.6 is 11.6 Å². The number of alkyl halides is 1. The Morgan fingerprint density at radius 1 is 1.07 bits per heavy atom. The summed E-state index contributed by atoms with van der Waals surface area (Å²) >= 11 is 6.25. The number of Topliss-reactive ketones (excluding diaryl/α,β-unsaturated/α-hetero) is 1. The first kappa shape index (κ1) is 23.2. The van der Waals surface area contributed by atoms with E-state index in [9.17, 15) is 14.4 Å². The number of nitrogens with one attached hydrogen (secondary N) is 1. The highest BCUT2D eigenvalue weighted by Crippen LogP contribution is 2.14. The number of hydrogen-bond donors (Lipinski definition) is 2. The molecule has 0 heterocycles. The first-order valence-electron chi connectivity index (χ1n) is 9.73. The number of primary amides is 1. The minimum Gasteiger partial charge on any atom is -0.370 e. The molecule has 150 valence electrons. The average Bonchev–Trinajstić information content (AvgIpc) is 2.65. The van der Waals surface area contributed by atoms with Crippen LogP contribution in [-0.2, 0) is 20.8 Å². The van der Waals surface area contributed by atoms with Gasteiger partial charge in [-0.3, -0.25) is 14.4 Å². The van der Waals surface area contributed by atoms with Crippen LogP contribution in [0.1, 0.15) is 63.9 Å². The molecule has 0 aliphatic rings. The Hall–Kier alpha value is -1.88. The average molecular weight is 395 g/mol. The monoisotopic (exact) mass is 394 g/mol. The Morgan fingerprint density at radius 3 is 2.37 bits per heavy atom. The third-order valence-corrected chi connectivity index (χ3v) is 4.86. The largest absolute Gasteiger partial charge is 0.370 e. The summed E-state index contributed by atoms with van der Waals surface area (Å²) in [5.41, 5.74) is 6.32. The van der Waals surface area contributed by atoms with E-state index in [4.69, 9.17) is 17.3 Å². The summed E-state index contributed by atoms with van der Waals surface area (Å²) in [6.07, 6.45) is 6.32. The van der Waals surface area contributed by atoms with Crippen LogP contribution in [0, 0.1) is 0 Å². The Kier molecular flexibility index (Phi) is 11.4. The Labute approximate surface area is 167 Å². The maximum Gasteiger partial charge on any atom is 0.220 e. The van der Waals surface area contributed by atoms with Gasteiger partial charge >= 0.3 is 0 Å². The molecule has 0 unspecified atom stereocenters. The van der Waals surface area contributed by atoms with Crippen molar-refractivity contribution < 1.29 is 14.4 Å². The van der Waals surface area contributed by atoms with Gasteiger partial charge in [0.25, 0.3) is 0 Å². The molecule has 1 aromatic carbocycles. The third-order valence-electron chi connectivity index (χ3n) is 4.43. The quantitative estimate of drug-likeness (QED) is 0.373. The van der Waals surface area contributed by atoms with Crippen molar-refractivity contribution in [3.8, 4) is 0 Å². The zero-order chi connectivity index (χ0) is 20.1. The summed E-state index contributed by atoms with van der Waals surface area (Å²) in [5.74, 6) is -1.23. The van der Waals surface area contributed by atoms with Gasteiger partial charge in [0.1, 0.15) is 0 Å². The number of ketones is 1. The minimum atomic E-state index is -0.955. The molecule has 2 atom stereocenters. The summed E-state index contributed by atoms with van der Waals surface area (Å²) in [6.45, 7) is 2.13. The highest BCUT2D eigenvalue weighted by atomic mass is 35.5. The smallest absolute Gasteiger partial charge is 0.220 e. The second kappa shape index (κ2) is 13.3. The van der Waals surface area contributed by atoms with Crippen LogP contribution in [-0.4, -0.2) is 29.0 Å². The molecule has 0 saturated carbocycles. The molecule has 0 bridgehead atoms. The fourth-order valence-electron chi connectivity index (χ4n) is 2.88. The van der Waals surface area contributed by atoms with Crippen LogP contribution in [0.4, 0.5) is 0 Å². The van der Waals surface area contributed by atoms with Crippen molar-refractivity contribution in [2.75, 3.05) is 0 Å². The van der Waals surface area contributed by atoms with E-state index in [1.807, 2.05) is 30.3 Å². The summed E-state index contributed by atoms with van der Waals surface area (Å²) in [4.78, 5) is 36.0. The Balaban J connectivity index is 2.51. The van der Waals surface area contributed by atoms with Crippen LogP contribution < -0.4 is 11.1 Å². The van der Waals surface area contributed by atoms with Gasteiger partial charge in [0, 0.05) is 6.42 Å². The fourth-order valence-corrected chi connectivity index (χ4v) is 3.14. The molecule has 2 amide bonds. The fraction of sp³-hybridized carbons (Fsp3) is 0.571. The van der Waals surface area contributed by atoms with Crippen molar-refractivity contribution in [3.05, 3.63) is 35.9 Å². The number of aryl methyl sites for hydroxylation is 1. The molecule has 0 aliphatic heterocycles. The highest BCUT2D eigenvalue weighted by Gasteiger charge is 2.28. The molecule has 0 spiro atoms. The molecule has 1 aromatic rings. The molecule has 27 heavy (non-hydrogen) atoms. The normalized spacial score (nSPS) is 13.0. The van der Waals surface area contributed by atoms with Gasteiger partial charge in [-0.1, -0.05) is 62.9 Å². The van der Waals surface area contributed by atoms with E-state index < -0.39 is 17.3 Å². The van der Waals surface area contributed by atoms with Crippen molar-refractivity contribution in [2.24, 2.45) is 5.73 Å². The topological polar surface area (TPSA) is 89.3 Å². The zero-order valence-electron chi connectivity index (χ0n) is 16.1. The molecule has 5 nitrogen and oxygen atoms in total. The number of rotatable bonds is 14. The summed E-state index contributed by atoms with van der Waals surface area (Å²) in [6, 6.07) is 8.76. The van der Waals surface area contributed by atoms with Crippen LogP contribution in [0.25, 0.3) is 0 Å². The number of carbonyl (C=O) groups excluding carboxylic acids is 3. The zero-order valence-corrected chi connectivity index (χ0v) is 16.8. The lowest BCUT2D eigenvalue weighted by atomic mass is 10.00. The van der Waals surface area contributed by atoms with Crippen LogP contribution in [0.2, 0.25) is 0 Å². The summed E-state index contributed by atoms with van der Waals surface area (Å²) in [7, 11) is 0. The maximum atomic E-state index is 12.6. The molecule has 0 saturated heterocycles. The van der Waals surface area contributed by atoms with E-state index in [0.717, 1.165) is 37.7 Å². The molecule has 3 N–H and O–H groups in total. The number of carbonyl (C=O) groups is 3. The molecular formula is C21H31ClN2O3. The summed E-state index contributed by atoms with van der Waals surface area (Å²) in [5, 5.41) is 1.87. The molecule has 0 aliphatic carbocycles. The van der Waals surface area contributed by atoms with E-state index in [2.05, 4.69) is 12.2 Å². The van der Waals surface area contributed by atoms with E-state index in [0.29, 0.717) is 19.3 Å². The van der Waals surface area contributed by atoms with E-state index >= 15 is 0 Å². The van der Waals surface area contributed by atoms with Gasteiger partial charge in [-0.2, -0.15) is 0 Å². The molecule has 0 fully saturated rings. The number of hydrogen-bond acceptors (Lipinski definition) is 3. The van der Waals surface area contributed by atoms with E-state index in [1.165, 1.54) is 0 Å². The van der Waals surface area contributed by atoms with Gasteiger partial charge < -0.3 is 11.1 Å². The number of nitrogens with two attached hydrogens (primary N) is 1. The maximum absolute atomic E-state index is 12.6. The first-order chi connectivity index (χ1) is 12.9. The lowest BCUT2D eigenvalue weighted by Crippen LogP contribution is -2.46. The minimum absolute atomic E-state index is 0.227. The SMILES string of the molecule is CCCCCCCC(=O)N[C@H](CC(N)=O)C(=O)[C@H](Cl)CCc1ccccc1. The summed E-state index contributed by atoms with van der Waals surface area (Å²) < 4.78 is 0. The van der Waals surface area contributed by atoms with E-state index in [1.54, 1.807) is 0 Å². The highest BCUT2D eigenvalue weighted by molar-refractivity contribution is 6.32. The second-order valence-corrected chi connectivity index (χ2v) is 7.38. The number of amides is 2.